The lowest BCUT2D eigenvalue weighted by molar-refractivity contribution is 0.185. The Balaban J connectivity index is 0.00000225. The number of hydrogen-bond donors (Lipinski definition) is 3. The second kappa shape index (κ2) is 9.43. The minimum Gasteiger partial charge on any atom is -0.380 e. The van der Waals surface area contributed by atoms with Crippen LogP contribution in [0.3, 0.4) is 0 Å². The fraction of sp³-hybridized carbons (Fsp3) is 0.211. The van der Waals surface area contributed by atoms with Crippen molar-refractivity contribution in [1.29, 1.82) is 0 Å². The lowest BCUT2D eigenvalue weighted by atomic mass is 10.1. The first kappa shape index (κ1) is 19.3. The van der Waals surface area contributed by atoms with Crippen molar-refractivity contribution in [1.82, 2.24) is 4.98 Å². The van der Waals surface area contributed by atoms with Gasteiger partial charge in [-0.25, -0.2) is 0 Å². The highest BCUT2D eigenvalue weighted by Gasteiger charge is 2.04. The number of aliphatic imine (C=N–C) groups is 1. The van der Waals surface area contributed by atoms with E-state index in [0.717, 1.165) is 23.2 Å². The Kier molecular flexibility index (Phi) is 7.27. The van der Waals surface area contributed by atoms with Crippen LogP contribution >= 0.6 is 24.0 Å². The zero-order chi connectivity index (χ0) is 16.8. The third kappa shape index (κ3) is 4.96. The van der Waals surface area contributed by atoms with E-state index in [1.807, 2.05) is 42.6 Å². The highest BCUT2D eigenvalue weighted by atomic mass is 127. The normalized spacial score (nSPS) is 11.3. The molecule has 0 saturated carbocycles. The number of para-hydroxylation sites is 2. The highest BCUT2D eigenvalue weighted by Crippen LogP contribution is 2.18. The Morgan fingerprint density at radius 1 is 1.12 bits per heavy atom. The average Bonchev–Trinajstić information content (AvgIpc) is 3.00. The number of nitrogens with one attached hydrogen (secondary N) is 2. The molecule has 6 heteroatoms. The summed E-state index contributed by atoms with van der Waals surface area (Å²) in [6.07, 6.45) is 2.88. The number of ether oxygens (including phenoxy) is 1. The molecule has 2 aromatic carbocycles. The number of anilines is 1. The fourth-order valence-corrected chi connectivity index (χ4v) is 2.74. The number of nitrogens with zero attached hydrogens (tertiary/aromatic N) is 1. The smallest absolute Gasteiger partial charge is 0.193 e. The molecule has 0 radical (unpaired) electrons. The number of methoxy groups -OCH3 is 1. The van der Waals surface area contributed by atoms with Crippen LogP contribution in [0.15, 0.2) is 59.7 Å². The van der Waals surface area contributed by atoms with Gasteiger partial charge in [-0.15, -0.1) is 24.0 Å². The molecule has 3 rings (SSSR count). The van der Waals surface area contributed by atoms with Crippen LogP contribution in [0.1, 0.15) is 11.1 Å². The number of H-pyrrole nitrogens is 1. The Morgan fingerprint density at radius 2 is 1.88 bits per heavy atom. The Labute approximate surface area is 164 Å². The molecular formula is C19H23IN4O. The van der Waals surface area contributed by atoms with Crippen LogP contribution < -0.4 is 11.1 Å². The molecule has 0 saturated heterocycles. The van der Waals surface area contributed by atoms with Gasteiger partial charge in [-0.1, -0.05) is 36.4 Å². The summed E-state index contributed by atoms with van der Waals surface area (Å²) in [6, 6.07) is 16.2. The molecule has 0 bridgehead atoms. The van der Waals surface area contributed by atoms with Crippen molar-refractivity contribution < 1.29 is 4.74 Å². The van der Waals surface area contributed by atoms with Crippen molar-refractivity contribution >= 4 is 46.5 Å². The number of nitrogens with two attached hydrogens (primary N) is 1. The van der Waals surface area contributed by atoms with Gasteiger partial charge in [0.2, 0.25) is 0 Å². The summed E-state index contributed by atoms with van der Waals surface area (Å²) in [7, 11) is 1.68. The van der Waals surface area contributed by atoms with Gasteiger partial charge in [0.1, 0.15) is 0 Å². The molecule has 4 N–H and O–H groups in total. The van der Waals surface area contributed by atoms with Gasteiger partial charge in [0.25, 0.3) is 0 Å². The second-order valence-electron chi connectivity index (χ2n) is 5.59. The highest BCUT2D eigenvalue weighted by molar-refractivity contribution is 14.0. The van der Waals surface area contributed by atoms with E-state index in [9.17, 15) is 0 Å². The van der Waals surface area contributed by atoms with E-state index in [1.165, 1.54) is 10.9 Å². The summed E-state index contributed by atoms with van der Waals surface area (Å²) in [5, 5.41) is 4.39. The third-order valence-corrected chi connectivity index (χ3v) is 3.92. The van der Waals surface area contributed by atoms with Crippen molar-refractivity contribution in [3.8, 4) is 0 Å². The van der Waals surface area contributed by atoms with Crippen LogP contribution in [0.2, 0.25) is 0 Å². The molecule has 5 nitrogen and oxygen atoms in total. The first-order valence-corrected chi connectivity index (χ1v) is 7.96. The summed E-state index contributed by atoms with van der Waals surface area (Å²) >= 11 is 0. The number of aromatic amines is 1. The van der Waals surface area contributed by atoms with E-state index in [-0.39, 0.29) is 24.0 Å². The maximum Gasteiger partial charge on any atom is 0.193 e. The van der Waals surface area contributed by atoms with Crippen LogP contribution in [0.25, 0.3) is 10.9 Å². The molecule has 25 heavy (non-hydrogen) atoms. The van der Waals surface area contributed by atoms with E-state index in [2.05, 4.69) is 27.4 Å². The number of hydrogen-bond acceptors (Lipinski definition) is 2. The summed E-state index contributed by atoms with van der Waals surface area (Å²) in [5.74, 6) is 0.415. The third-order valence-electron chi connectivity index (χ3n) is 3.92. The SMILES string of the molecule is COCc1ccccc1NC(N)=NCCc1c[nH]c2ccccc12.I. The van der Waals surface area contributed by atoms with E-state index < -0.39 is 0 Å². The summed E-state index contributed by atoms with van der Waals surface area (Å²) < 4.78 is 5.20. The second-order valence-corrected chi connectivity index (χ2v) is 5.59. The van der Waals surface area contributed by atoms with Gasteiger partial charge >= 0.3 is 0 Å². The standard InChI is InChI=1S/C19H22N4O.HI/c1-24-13-15-6-2-4-8-17(15)23-19(20)21-11-10-14-12-22-18-9-5-3-7-16(14)18;/h2-9,12,22H,10-11,13H2,1H3,(H3,20,21,23);1H. The number of halogens is 1. The van der Waals surface area contributed by atoms with Crippen LogP contribution in [0.5, 0.6) is 0 Å². The molecule has 1 aromatic heterocycles. The van der Waals surface area contributed by atoms with E-state index in [1.54, 1.807) is 7.11 Å². The minimum atomic E-state index is 0. The topological polar surface area (TPSA) is 75.4 Å². The number of fused-ring (bicyclic) bond motifs is 1. The average molecular weight is 450 g/mol. The van der Waals surface area contributed by atoms with E-state index in [4.69, 9.17) is 10.5 Å². The van der Waals surface area contributed by atoms with Gasteiger partial charge in [-0.2, -0.15) is 0 Å². The van der Waals surface area contributed by atoms with Crippen molar-refractivity contribution in [3.63, 3.8) is 0 Å². The van der Waals surface area contributed by atoms with Gasteiger partial charge < -0.3 is 20.8 Å². The van der Waals surface area contributed by atoms with E-state index >= 15 is 0 Å². The maximum absolute atomic E-state index is 6.01. The van der Waals surface area contributed by atoms with Crippen LogP contribution in [0.4, 0.5) is 5.69 Å². The number of aromatic nitrogens is 1. The Bertz CT molecular complexity index is 844. The van der Waals surface area contributed by atoms with Gasteiger partial charge in [0.05, 0.1) is 6.61 Å². The quantitative estimate of drug-likeness (QED) is 0.303. The van der Waals surface area contributed by atoms with Crippen molar-refractivity contribution in [3.05, 3.63) is 65.9 Å². The molecule has 0 atom stereocenters. The van der Waals surface area contributed by atoms with Gasteiger partial charge in [-0.3, -0.25) is 4.99 Å². The Morgan fingerprint density at radius 3 is 2.72 bits per heavy atom. The predicted octanol–water partition coefficient (Wildman–Crippen LogP) is 3.90. The summed E-state index contributed by atoms with van der Waals surface area (Å²) in [4.78, 5) is 7.71. The van der Waals surface area contributed by atoms with E-state index in [0.29, 0.717) is 19.1 Å². The first-order valence-electron chi connectivity index (χ1n) is 7.96. The molecule has 0 aliphatic carbocycles. The molecule has 0 unspecified atom stereocenters. The molecule has 0 aliphatic heterocycles. The Hall–Kier alpha value is -2.06. The molecule has 0 fully saturated rings. The zero-order valence-corrected chi connectivity index (χ0v) is 16.5. The summed E-state index contributed by atoms with van der Waals surface area (Å²) in [5.41, 5.74) is 10.4. The van der Waals surface area contributed by atoms with Crippen LogP contribution in [-0.4, -0.2) is 24.6 Å². The maximum atomic E-state index is 6.01. The fourth-order valence-electron chi connectivity index (χ4n) is 2.74. The molecule has 0 aliphatic rings. The lowest BCUT2D eigenvalue weighted by Gasteiger charge is -2.10. The van der Waals surface area contributed by atoms with Gasteiger partial charge in [0.15, 0.2) is 5.96 Å². The number of guanidine groups is 1. The molecular weight excluding hydrogens is 427 g/mol. The molecule has 132 valence electrons. The minimum absolute atomic E-state index is 0. The van der Waals surface area contributed by atoms with Crippen LogP contribution in [-0.2, 0) is 17.8 Å². The zero-order valence-electron chi connectivity index (χ0n) is 14.2. The van der Waals surface area contributed by atoms with Crippen molar-refractivity contribution in [2.75, 3.05) is 19.0 Å². The lowest BCUT2D eigenvalue weighted by Crippen LogP contribution is -2.23. The number of rotatable bonds is 6. The largest absolute Gasteiger partial charge is 0.380 e. The van der Waals surface area contributed by atoms with Crippen LogP contribution in [0, 0.1) is 0 Å². The predicted molar refractivity (Wildman–Crippen MR) is 115 cm³/mol. The molecule has 1 heterocycles. The van der Waals surface area contributed by atoms with Crippen molar-refractivity contribution in [2.24, 2.45) is 10.7 Å². The molecule has 3 aromatic rings. The number of benzene rings is 2. The first-order chi connectivity index (χ1) is 11.8. The molecule has 0 spiro atoms. The summed E-state index contributed by atoms with van der Waals surface area (Å²) in [6.45, 7) is 1.17. The molecule has 0 amide bonds. The van der Waals surface area contributed by atoms with Gasteiger partial charge in [0, 0.05) is 42.0 Å². The monoisotopic (exact) mass is 450 g/mol. The van der Waals surface area contributed by atoms with Crippen molar-refractivity contribution in [2.45, 2.75) is 13.0 Å². The van der Waals surface area contributed by atoms with Gasteiger partial charge in [-0.05, 0) is 24.1 Å².